The second-order valence-corrected chi connectivity index (χ2v) is 8.59. The van der Waals surface area contributed by atoms with Gasteiger partial charge in [0.2, 0.25) is 0 Å². The Morgan fingerprint density at radius 1 is 0.486 bits per heavy atom. The van der Waals surface area contributed by atoms with Crippen molar-refractivity contribution in [1.82, 2.24) is 19.5 Å². The van der Waals surface area contributed by atoms with Gasteiger partial charge in [-0.3, -0.25) is 14.5 Å². The normalized spacial score (nSPS) is 11.4. The van der Waals surface area contributed by atoms with E-state index in [1.165, 1.54) is 11.1 Å². The Labute approximate surface area is 202 Å². The third-order valence-corrected chi connectivity index (χ3v) is 6.58. The molecule has 164 valence electrons. The molecule has 0 atom stereocenters. The molecule has 4 aromatic carbocycles. The number of imidazole rings is 1. The summed E-state index contributed by atoms with van der Waals surface area (Å²) in [5, 5.41) is 4.32. The fourth-order valence-electron chi connectivity index (χ4n) is 4.95. The van der Waals surface area contributed by atoms with Crippen LogP contribution in [0.3, 0.4) is 0 Å². The molecule has 7 rings (SSSR count). The molecule has 0 aliphatic carbocycles. The van der Waals surface area contributed by atoms with Gasteiger partial charge in [0.25, 0.3) is 0 Å². The van der Waals surface area contributed by atoms with Crippen LogP contribution in [0.4, 0.5) is 0 Å². The molecule has 0 N–H and O–H groups in total. The van der Waals surface area contributed by atoms with Crippen LogP contribution in [0.2, 0.25) is 0 Å². The Kier molecular flexibility index (Phi) is 4.42. The molecule has 0 radical (unpaired) electrons. The van der Waals surface area contributed by atoms with Crippen molar-refractivity contribution in [3.8, 4) is 28.2 Å². The van der Waals surface area contributed by atoms with E-state index in [4.69, 9.17) is 4.98 Å². The van der Waals surface area contributed by atoms with E-state index in [1.807, 2.05) is 36.9 Å². The maximum absolute atomic E-state index is 5.23. The molecule has 3 heterocycles. The molecule has 4 nitrogen and oxygen atoms in total. The maximum Gasteiger partial charge on any atom is 0.145 e. The Morgan fingerprint density at radius 2 is 1.06 bits per heavy atom. The molecular weight excluding hydrogens is 428 g/mol. The topological polar surface area (TPSA) is 43.6 Å². The van der Waals surface area contributed by atoms with Gasteiger partial charge in [-0.25, -0.2) is 4.98 Å². The molecule has 7 aromatic rings. The van der Waals surface area contributed by atoms with Crippen molar-refractivity contribution < 1.29 is 0 Å². The zero-order valence-electron chi connectivity index (χ0n) is 18.8. The molecule has 0 spiro atoms. The summed E-state index contributed by atoms with van der Waals surface area (Å²) < 4.78 is 2.28. The van der Waals surface area contributed by atoms with Crippen LogP contribution in [0.1, 0.15) is 0 Å². The van der Waals surface area contributed by atoms with Crippen molar-refractivity contribution in [2.24, 2.45) is 0 Å². The number of benzene rings is 4. The molecule has 0 aliphatic rings. The quantitative estimate of drug-likeness (QED) is 0.264. The molecule has 0 aliphatic heterocycles. The first-order valence-electron chi connectivity index (χ1n) is 11.6. The third kappa shape index (κ3) is 3.11. The zero-order valence-corrected chi connectivity index (χ0v) is 18.8. The maximum atomic E-state index is 5.23. The predicted octanol–water partition coefficient (Wildman–Crippen LogP) is 7.46. The lowest BCUT2D eigenvalue weighted by Crippen LogP contribution is -1.98. The first-order chi connectivity index (χ1) is 17.4. The number of fused-ring (bicyclic) bond motifs is 6. The van der Waals surface area contributed by atoms with Crippen LogP contribution in [0.15, 0.2) is 122 Å². The number of hydrogen-bond acceptors (Lipinski definition) is 3. The minimum Gasteiger partial charge on any atom is -0.292 e. The van der Waals surface area contributed by atoms with E-state index in [0.29, 0.717) is 0 Å². The smallest absolute Gasteiger partial charge is 0.145 e. The fraction of sp³-hybridized carbons (Fsp3) is 0. The molecular formula is C31H20N4. The third-order valence-electron chi connectivity index (χ3n) is 6.58. The van der Waals surface area contributed by atoms with E-state index in [9.17, 15) is 0 Å². The molecule has 0 unspecified atom stereocenters. The van der Waals surface area contributed by atoms with Crippen LogP contribution in [0.25, 0.3) is 60.8 Å². The van der Waals surface area contributed by atoms with E-state index in [2.05, 4.69) is 99.5 Å². The van der Waals surface area contributed by atoms with Crippen LogP contribution in [0, 0.1) is 0 Å². The summed E-state index contributed by atoms with van der Waals surface area (Å²) in [6, 6.07) is 33.7. The first-order valence-corrected chi connectivity index (χ1v) is 11.6. The van der Waals surface area contributed by atoms with Gasteiger partial charge < -0.3 is 0 Å². The van der Waals surface area contributed by atoms with Crippen molar-refractivity contribution in [2.45, 2.75) is 0 Å². The van der Waals surface area contributed by atoms with Crippen LogP contribution in [0.5, 0.6) is 0 Å². The zero-order chi connectivity index (χ0) is 23.2. The van der Waals surface area contributed by atoms with Gasteiger partial charge in [0, 0.05) is 57.6 Å². The van der Waals surface area contributed by atoms with Crippen molar-refractivity contribution >= 4 is 32.6 Å². The molecule has 35 heavy (non-hydrogen) atoms. The average Bonchev–Trinajstić information content (AvgIpc) is 3.35. The number of nitrogens with zero attached hydrogens (tertiary/aromatic N) is 4. The fourth-order valence-corrected chi connectivity index (χ4v) is 4.95. The summed E-state index contributed by atoms with van der Waals surface area (Å²) >= 11 is 0. The lowest BCUT2D eigenvalue weighted by atomic mass is 10.0. The van der Waals surface area contributed by atoms with Gasteiger partial charge in [-0.15, -0.1) is 0 Å². The molecule has 0 amide bonds. The summed E-state index contributed by atoms with van der Waals surface area (Å²) in [7, 11) is 0. The molecule has 0 fully saturated rings. The van der Waals surface area contributed by atoms with Gasteiger partial charge in [0.05, 0.1) is 11.0 Å². The Morgan fingerprint density at radius 3 is 1.74 bits per heavy atom. The van der Waals surface area contributed by atoms with E-state index in [-0.39, 0.29) is 0 Å². The SMILES string of the molecule is c1ccc(-c2ccc(-n3c(-c4ccccc4)nc4c5ccncc5c5cnccc5c43)cc2)cc1. The minimum atomic E-state index is 0.912. The average molecular weight is 449 g/mol. The van der Waals surface area contributed by atoms with Gasteiger partial charge in [-0.05, 0) is 35.4 Å². The summed E-state index contributed by atoms with van der Waals surface area (Å²) in [6.07, 6.45) is 7.52. The number of aromatic nitrogens is 4. The van der Waals surface area contributed by atoms with E-state index < -0.39 is 0 Å². The second-order valence-electron chi connectivity index (χ2n) is 8.59. The van der Waals surface area contributed by atoms with Crippen molar-refractivity contribution in [1.29, 1.82) is 0 Å². The van der Waals surface area contributed by atoms with Gasteiger partial charge in [0.1, 0.15) is 5.82 Å². The Balaban J connectivity index is 1.59. The summed E-state index contributed by atoms with van der Waals surface area (Å²) in [6.45, 7) is 0. The minimum absolute atomic E-state index is 0.912. The van der Waals surface area contributed by atoms with Crippen molar-refractivity contribution in [3.05, 3.63) is 122 Å². The number of rotatable bonds is 3. The molecule has 4 heteroatoms. The number of hydrogen-bond donors (Lipinski definition) is 0. The second kappa shape index (κ2) is 7.89. The summed E-state index contributed by atoms with van der Waals surface area (Å²) in [5.41, 5.74) is 6.57. The van der Waals surface area contributed by atoms with Crippen LogP contribution in [-0.2, 0) is 0 Å². The van der Waals surface area contributed by atoms with Gasteiger partial charge >= 0.3 is 0 Å². The summed E-state index contributed by atoms with van der Waals surface area (Å²) in [5.74, 6) is 0.912. The predicted molar refractivity (Wildman–Crippen MR) is 143 cm³/mol. The van der Waals surface area contributed by atoms with E-state index in [0.717, 1.165) is 49.7 Å². The lowest BCUT2D eigenvalue weighted by Gasteiger charge is -2.13. The lowest BCUT2D eigenvalue weighted by molar-refractivity contribution is 1.11. The Hall–Kier alpha value is -4.83. The van der Waals surface area contributed by atoms with Crippen LogP contribution >= 0.6 is 0 Å². The largest absolute Gasteiger partial charge is 0.292 e. The van der Waals surface area contributed by atoms with Gasteiger partial charge in [-0.1, -0.05) is 72.8 Å². The van der Waals surface area contributed by atoms with E-state index >= 15 is 0 Å². The van der Waals surface area contributed by atoms with Crippen LogP contribution in [-0.4, -0.2) is 19.5 Å². The molecule has 0 bridgehead atoms. The van der Waals surface area contributed by atoms with Crippen LogP contribution < -0.4 is 0 Å². The highest BCUT2D eigenvalue weighted by atomic mass is 15.1. The van der Waals surface area contributed by atoms with Gasteiger partial charge in [0.15, 0.2) is 0 Å². The van der Waals surface area contributed by atoms with Crippen molar-refractivity contribution in [2.75, 3.05) is 0 Å². The monoisotopic (exact) mass is 448 g/mol. The summed E-state index contributed by atoms with van der Waals surface area (Å²) in [4.78, 5) is 14.0. The molecule has 3 aromatic heterocycles. The standard InChI is InChI=1S/C31H20N4/c1-3-7-21(8-4-1)22-11-13-24(14-12-22)35-30-26-16-18-33-20-28(26)27-19-32-17-15-25(27)29(30)34-31(35)23-9-5-2-6-10-23/h1-20H. The number of pyridine rings is 2. The van der Waals surface area contributed by atoms with Gasteiger partial charge in [-0.2, -0.15) is 0 Å². The molecule has 0 saturated heterocycles. The molecule has 0 saturated carbocycles. The highest BCUT2D eigenvalue weighted by Crippen LogP contribution is 2.38. The van der Waals surface area contributed by atoms with E-state index in [1.54, 1.807) is 0 Å². The highest BCUT2D eigenvalue weighted by molar-refractivity contribution is 6.23. The first kappa shape index (κ1) is 19.6. The Bertz CT molecular complexity index is 1820. The highest BCUT2D eigenvalue weighted by Gasteiger charge is 2.20. The van der Waals surface area contributed by atoms with Crippen molar-refractivity contribution in [3.63, 3.8) is 0 Å².